The van der Waals surface area contributed by atoms with E-state index in [1.54, 1.807) is 6.92 Å². The summed E-state index contributed by atoms with van der Waals surface area (Å²) in [6.45, 7) is 2.06. The highest BCUT2D eigenvalue weighted by Gasteiger charge is 2.19. The molecule has 0 unspecified atom stereocenters. The summed E-state index contributed by atoms with van der Waals surface area (Å²) in [5.74, 6) is -0.125. The number of thioether (sulfide) groups is 1. The number of aromatic nitrogens is 2. The summed E-state index contributed by atoms with van der Waals surface area (Å²) in [5.41, 5.74) is -1.31. The van der Waals surface area contributed by atoms with Crippen molar-refractivity contribution in [1.29, 1.82) is 0 Å². The van der Waals surface area contributed by atoms with E-state index >= 15 is 0 Å². The van der Waals surface area contributed by atoms with E-state index < -0.39 is 23.0 Å². The van der Waals surface area contributed by atoms with Crippen molar-refractivity contribution < 1.29 is 15.0 Å². The zero-order chi connectivity index (χ0) is 14.4. The average molecular weight is 307 g/mol. The van der Waals surface area contributed by atoms with Crippen molar-refractivity contribution in [3.63, 3.8) is 0 Å². The molecule has 0 saturated heterocycles. The minimum Gasteiger partial charge on any atom is -0.501 e. The fourth-order valence-corrected chi connectivity index (χ4v) is 2.68. The first-order valence-electron chi connectivity index (χ1n) is 5.72. The number of aromatic carboxylic acids is 1. The summed E-state index contributed by atoms with van der Waals surface area (Å²) in [5, 5.41) is 18.4. The molecule has 0 saturated carbocycles. The van der Waals surface area contributed by atoms with Crippen LogP contribution in [0.3, 0.4) is 0 Å². The number of halogens is 1. The maximum atomic E-state index is 11.8. The molecule has 0 aliphatic heterocycles. The summed E-state index contributed by atoms with van der Waals surface area (Å²) in [6, 6.07) is 0. The van der Waals surface area contributed by atoms with Crippen LogP contribution in [0, 0.1) is 0 Å². The van der Waals surface area contributed by atoms with Gasteiger partial charge in [-0.15, -0.1) is 11.6 Å². The Bertz CT molecular complexity index is 518. The van der Waals surface area contributed by atoms with Crippen LogP contribution >= 0.6 is 23.4 Å². The summed E-state index contributed by atoms with van der Waals surface area (Å²) < 4.78 is 1.27. The summed E-state index contributed by atoms with van der Waals surface area (Å²) in [7, 11) is 0. The largest absolute Gasteiger partial charge is 0.501 e. The summed E-state index contributed by atoms with van der Waals surface area (Å²) >= 11 is 7.07. The number of alkyl halides is 1. The molecular formula is C11H15ClN2O4S. The molecule has 0 aromatic carbocycles. The number of carboxylic acid groups (broad SMARTS) is 1. The average Bonchev–Trinajstić information content (AvgIpc) is 2.38. The van der Waals surface area contributed by atoms with E-state index in [-0.39, 0.29) is 0 Å². The first-order valence-corrected chi connectivity index (χ1v) is 7.41. The van der Waals surface area contributed by atoms with Gasteiger partial charge in [0.1, 0.15) is 5.82 Å². The van der Waals surface area contributed by atoms with E-state index in [1.807, 2.05) is 0 Å². The molecule has 0 bridgehead atoms. The number of hydrogen-bond acceptors (Lipinski definition) is 5. The maximum absolute atomic E-state index is 11.8. The molecule has 1 aromatic heterocycles. The summed E-state index contributed by atoms with van der Waals surface area (Å²) in [4.78, 5) is 26.6. The van der Waals surface area contributed by atoms with Gasteiger partial charge in [-0.05, 0) is 19.1 Å². The number of nitrogens with zero attached hydrogens (tertiary/aromatic N) is 2. The predicted molar refractivity (Wildman–Crippen MR) is 74.3 cm³/mol. The van der Waals surface area contributed by atoms with E-state index in [0.717, 1.165) is 12.2 Å². The molecule has 0 aliphatic carbocycles. The molecule has 0 amide bonds. The lowest BCUT2D eigenvalue weighted by Crippen LogP contribution is -2.26. The second kappa shape index (κ2) is 7.40. The Balaban J connectivity index is 3.07. The maximum Gasteiger partial charge on any atom is 0.358 e. The lowest BCUT2D eigenvalue weighted by Gasteiger charge is -2.11. The normalized spacial score (nSPS) is 10.6. The molecule has 0 radical (unpaired) electrons. The Morgan fingerprint density at radius 2 is 2.21 bits per heavy atom. The predicted octanol–water partition coefficient (Wildman–Crippen LogP) is 1.53. The Morgan fingerprint density at radius 1 is 1.53 bits per heavy atom. The second-order valence-electron chi connectivity index (χ2n) is 3.67. The van der Waals surface area contributed by atoms with Crippen LogP contribution in [-0.2, 0) is 12.3 Å². The van der Waals surface area contributed by atoms with Crippen molar-refractivity contribution in [3.05, 3.63) is 21.9 Å². The highest BCUT2D eigenvalue weighted by Crippen LogP contribution is 2.15. The zero-order valence-electron chi connectivity index (χ0n) is 10.4. The number of hydrogen-bond donors (Lipinski definition) is 2. The van der Waals surface area contributed by atoms with E-state index in [9.17, 15) is 14.7 Å². The quantitative estimate of drug-likeness (QED) is 0.586. The van der Waals surface area contributed by atoms with Crippen molar-refractivity contribution in [1.82, 2.24) is 9.55 Å². The van der Waals surface area contributed by atoms with Gasteiger partial charge in [0.15, 0.2) is 5.69 Å². The first kappa shape index (κ1) is 15.8. The minimum atomic E-state index is -1.41. The van der Waals surface area contributed by atoms with Crippen LogP contribution in [0.25, 0.3) is 0 Å². The fourth-order valence-electron chi connectivity index (χ4n) is 1.49. The van der Waals surface area contributed by atoms with Crippen LogP contribution in [0.1, 0.15) is 29.7 Å². The van der Waals surface area contributed by atoms with Gasteiger partial charge in [-0.1, -0.05) is 0 Å². The van der Waals surface area contributed by atoms with Crippen LogP contribution in [0.5, 0.6) is 5.75 Å². The van der Waals surface area contributed by atoms with Gasteiger partial charge in [-0.25, -0.2) is 9.78 Å². The topological polar surface area (TPSA) is 92.4 Å². The highest BCUT2D eigenvalue weighted by atomic mass is 35.5. The van der Waals surface area contributed by atoms with E-state index in [4.69, 9.17) is 16.7 Å². The standard InChI is InChI=1S/C11H15ClN2O4S/c1-2-14-7(6-19-5-3-4-12)13-8(11(17)18)9(15)10(14)16/h15H,2-6H2,1H3,(H,17,18). The van der Waals surface area contributed by atoms with Crippen molar-refractivity contribution in [2.45, 2.75) is 25.6 Å². The van der Waals surface area contributed by atoms with Crippen LogP contribution in [0.2, 0.25) is 0 Å². The molecule has 1 aromatic rings. The Morgan fingerprint density at radius 3 is 2.74 bits per heavy atom. The minimum absolute atomic E-state index is 0.324. The Hall–Kier alpha value is -1.21. The molecule has 1 rings (SSSR count). The third kappa shape index (κ3) is 3.87. The number of aromatic hydroxyl groups is 1. The van der Waals surface area contributed by atoms with Gasteiger partial charge in [-0.2, -0.15) is 11.8 Å². The molecular weight excluding hydrogens is 292 g/mol. The SMILES string of the molecule is CCn1c(CSCCCCl)nc(C(=O)O)c(O)c1=O. The Kier molecular flexibility index (Phi) is 6.17. The lowest BCUT2D eigenvalue weighted by atomic mass is 10.3. The molecule has 2 N–H and O–H groups in total. The van der Waals surface area contributed by atoms with Crippen LogP contribution in [-0.4, -0.2) is 37.4 Å². The first-order chi connectivity index (χ1) is 9.02. The second-order valence-corrected chi connectivity index (χ2v) is 5.16. The van der Waals surface area contributed by atoms with Crippen molar-refractivity contribution in [3.8, 4) is 5.75 Å². The number of carbonyl (C=O) groups is 1. The van der Waals surface area contributed by atoms with Gasteiger partial charge in [0.2, 0.25) is 5.75 Å². The number of carboxylic acids is 1. The van der Waals surface area contributed by atoms with Gasteiger partial charge in [0, 0.05) is 12.4 Å². The van der Waals surface area contributed by atoms with Crippen molar-refractivity contribution in [2.24, 2.45) is 0 Å². The fraction of sp³-hybridized carbons (Fsp3) is 0.545. The molecule has 0 fully saturated rings. The van der Waals surface area contributed by atoms with Crippen LogP contribution < -0.4 is 5.56 Å². The lowest BCUT2D eigenvalue weighted by molar-refractivity contribution is 0.0685. The van der Waals surface area contributed by atoms with Crippen LogP contribution in [0.4, 0.5) is 0 Å². The molecule has 19 heavy (non-hydrogen) atoms. The third-order valence-corrected chi connectivity index (χ3v) is 3.70. The molecule has 6 nitrogen and oxygen atoms in total. The Labute approximate surface area is 119 Å². The molecule has 0 aliphatic rings. The molecule has 0 atom stereocenters. The van der Waals surface area contributed by atoms with Crippen molar-refractivity contribution >= 4 is 29.3 Å². The van der Waals surface area contributed by atoms with Gasteiger partial charge >= 0.3 is 5.97 Å². The third-order valence-electron chi connectivity index (χ3n) is 2.40. The van der Waals surface area contributed by atoms with Crippen molar-refractivity contribution in [2.75, 3.05) is 11.6 Å². The van der Waals surface area contributed by atoms with E-state index in [2.05, 4.69) is 4.98 Å². The smallest absolute Gasteiger partial charge is 0.358 e. The molecule has 0 spiro atoms. The monoisotopic (exact) mass is 306 g/mol. The van der Waals surface area contributed by atoms with Gasteiger partial charge in [-0.3, -0.25) is 9.36 Å². The molecule has 8 heteroatoms. The van der Waals surface area contributed by atoms with E-state index in [1.165, 1.54) is 16.3 Å². The molecule has 1 heterocycles. The molecule has 106 valence electrons. The van der Waals surface area contributed by atoms with Gasteiger partial charge in [0.05, 0.1) is 5.75 Å². The van der Waals surface area contributed by atoms with E-state index in [0.29, 0.717) is 24.0 Å². The zero-order valence-corrected chi connectivity index (χ0v) is 12.0. The van der Waals surface area contributed by atoms with Crippen LogP contribution in [0.15, 0.2) is 4.79 Å². The number of rotatable bonds is 7. The highest BCUT2D eigenvalue weighted by molar-refractivity contribution is 7.98. The van der Waals surface area contributed by atoms with Gasteiger partial charge < -0.3 is 10.2 Å². The summed E-state index contributed by atoms with van der Waals surface area (Å²) in [6.07, 6.45) is 0.826. The van der Waals surface area contributed by atoms with Gasteiger partial charge in [0.25, 0.3) is 5.56 Å².